The van der Waals surface area contributed by atoms with E-state index >= 15 is 0 Å². The van der Waals surface area contributed by atoms with E-state index in [1.807, 2.05) is 19.1 Å². The van der Waals surface area contributed by atoms with E-state index in [2.05, 4.69) is 25.6 Å². The Morgan fingerprint density at radius 3 is 2.96 bits per heavy atom. The fourth-order valence-electron chi connectivity index (χ4n) is 2.46. The highest BCUT2D eigenvalue weighted by atomic mass is 32.1. The maximum absolute atomic E-state index is 12.6. The third-order valence-electron chi connectivity index (χ3n) is 3.73. The van der Waals surface area contributed by atoms with Crippen LogP contribution >= 0.6 is 11.3 Å². The zero-order valence-electron chi connectivity index (χ0n) is 14.9. The lowest BCUT2D eigenvalue weighted by Gasteiger charge is -2.13. The Bertz CT molecular complexity index is 1070. The second kappa shape index (κ2) is 8.01. The molecule has 0 aliphatic heterocycles. The van der Waals surface area contributed by atoms with Crippen LogP contribution in [0.15, 0.2) is 49.1 Å². The summed E-state index contributed by atoms with van der Waals surface area (Å²) >= 11 is 1.23. The standard InChI is InChI=1S/C18H16N6O3S/c1-2-26-15-8-13(5-6-14(15)27-10-12-4-3-7-19-9-12)16(25)21-17-23-24-11-20-22-18(24)28-17/h3-9,11H,2,10H2,1H3,(H,21,23,25). The molecule has 3 heterocycles. The summed E-state index contributed by atoms with van der Waals surface area (Å²) in [4.78, 5) is 17.2. The highest BCUT2D eigenvalue weighted by Gasteiger charge is 2.14. The van der Waals surface area contributed by atoms with Crippen LogP contribution in [0.5, 0.6) is 11.5 Å². The van der Waals surface area contributed by atoms with E-state index in [0.717, 1.165) is 5.56 Å². The van der Waals surface area contributed by atoms with E-state index in [4.69, 9.17) is 9.47 Å². The number of rotatable bonds is 7. The molecule has 10 heteroatoms. The summed E-state index contributed by atoms with van der Waals surface area (Å²) in [5.74, 6) is 0.753. The molecule has 0 aliphatic rings. The molecule has 0 saturated carbocycles. The number of ether oxygens (including phenoxy) is 2. The maximum atomic E-state index is 12.6. The van der Waals surface area contributed by atoms with Crippen molar-refractivity contribution in [3.63, 3.8) is 0 Å². The molecule has 1 amide bonds. The van der Waals surface area contributed by atoms with Crippen molar-refractivity contribution in [3.05, 3.63) is 60.2 Å². The molecule has 9 nitrogen and oxygen atoms in total. The van der Waals surface area contributed by atoms with Crippen molar-refractivity contribution >= 4 is 27.3 Å². The number of carbonyl (C=O) groups is 1. The molecule has 0 aliphatic carbocycles. The molecule has 0 atom stereocenters. The highest BCUT2D eigenvalue weighted by Crippen LogP contribution is 2.30. The second-order valence-electron chi connectivity index (χ2n) is 5.66. The summed E-state index contributed by atoms with van der Waals surface area (Å²) in [6, 6.07) is 8.82. The number of anilines is 1. The number of benzene rings is 1. The van der Waals surface area contributed by atoms with Gasteiger partial charge in [0.05, 0.1) is 6.61 Å². The molecule has 0 saturated heterocycles. The first-order valence-electron chi connectivity index (χ1n) is 8.49. The number of carbonyl (C=O) groups excluding carboxylic acids is 1. The smallest absolute Gasteiger partial charge is 0.257 e. The van der Waals surface area contributed by atoms with Gasteiger partial charge in [0, 0.05) is 23.5 Å². The van der Waals surface area contributed by atoms with E-state index in [1.54, 1.807) is 30.6 Å². The Kier molecular flexibility index (Phi) is 5.11. The van der Waals surface area contributed by atoms with E-state index in [0.29, 0.717) is 40.4 Å². The number of fused-ring (bicyclic) bond motifs is 1. The van der Waals surface area contributed by atoms with Crippen LogP contribution in [0.2, 0.25) is 0 Å². The van der Waals surface area contributed by atoms with E-state index in [9.17, 15) is 4.79 Å². The predicted molar refractivity (Wildman–Crippen MR) is 103 cm³/mol. The van der Waals surface area contributed by atoms with Gasteiger partial charge in [-0.25, -0.2) is 0 Å². The molecule has 1 N–H and O–H groups in total. The van der Waals surface area contributed by atoms with Gasteiger partial charge in [0.15, 0.2) is 11.5 Å². The quantitative estimate of drug-likeness (QED) is 0.512. The molecule has 0 radical (unpaired) electrons. The number of nitrogens with one attached hydrogen (secondary N) is 1. The molecule has 28 heavy (non-hydrogen) atoms. The zero-order valence-corrected chi connectivity index (χ0v) is 15.7. The molecule has 0 bridgehead atoms. The molecule has 0 fully saturated rings. The van der Waals surface area contributed by atoms with Gasteiger partial charge in [-0.1, -0.05) is 17.4 Å². The van der Waals surface area contributed by atoms with Crippen molar-refractivity contribution in [2.45, 2.75) is 13.5 Å². The first-order chi connectivity index (χ1) is 13.7. The van der Waals surface area contributed by atoms with E-state index in [-0.39, 0.29) is 5.91 Å². The normalized spacial score (nSPS) is 10.8. The SMILES string of the molecule is CCOc1cc(C(=O)Nc2nn3cnnc3s2)ccc1OCc1cccnc1. The molecular weight excluding hydrogens is 380 g/mol. The van der Waals surface area contributed by atoms with E-state index < -0.39 is 0 Å². The van der Waals surface area contributed by atoms with Gasteiger partial charge < -0.3 is 9.47 Å². The minimum absolute atomic E-state index is 0.301. The van der Waals surface area contributed by atoms with Crippen molar-refractivity contribution in [1.82, 2.24) is 24.8 Å². The minimum Gasteiger partial charge on any atom is -0.490 e. The molecule has 3 aromatic heterocycles. The van der Waals surface area contributed by atoms with Crippen LogP contribution in [0.25, 0.3) is 4.96 Å². The first kappa shape index (κ1) is 17.9. The summed E-state index contributed by atoms with van der Waals surface area (Å²) in [6.45, 7) is 2.68. The molecule has 1 aromatic carbocycles. The van der Waals surface area contributed by atoms with Gasteiger partial charge in [-0.3, -0.25) is 15.1 Å². The van der Waals surface area contributed by atoms with Gasteiger partial charge in [-0.2, -0.15) is 4.52 Å². The summed E-state index contributed by atoms with van der Waals surface area (Å²) < 4.78 is 13.0. The van der Waals surface area contributed by atoms with Crippen LogP contribution < -0.4 is 14.8 Å². The first-order valence-corrected chi connectivity index (χ1v) is 9.31. The van der Waals surface area contributed by atoms with Gasteiger partial charge in [0.2, 0.25) is 10.1 Å². The third-order valence-corrected chi connectivity index (χ3v) is 4.56. The topological polar surface area (TPSA) is 104 Å². The fraction of sp³-hybridized carbons (Fsp3) is 0.167. The average Bonchev–Trinajstić information content (AvgIpc) is 3.29. The Labute approximate surface area is 164 Å². The number of amides is 1. The Morgan fingerprint density at radius 2 is 2.18 bits per heavy atom. The Morgan fingerprint density at radius 1 is 1.25 bits per heavy atom. The monoisotopic (exact) mass is 396 g/mol. The van der Waals surface area contributed by atoms with Gasteiger partial charge in [0.25, 0.3) is 5.91 Å². The number of hydrogen-bond donors (Lipinski definition) is 1. The summed E-state index contributed by atoms with van der Waals surface area (Å²) in [5.41, 5.74) is 1.37. The van der Waals surface area contributed by atoms with Crippen LogP contribution in [0.1, 0.15) is 22.8 Å². The number of nitrogens with zero attached hydrogens (tertiary/aromatic N) is 5. The molecule has 0 unspecified atom stereocenters. The van der Waals surface area contributed by atoms with Crippen LogP contribution in [0.3, 0.4) is 0 Å². The van der Waals surface area contributed by atoms with Gasteiger partial charge in [-0.15, -0.1) is 15.3 Å². The highest BCUT2D eigenvalue weighted by molar-refractivity contribution is 7.20. The van der Waals surface area contributed by atoms with Crippen molar-refractivity contribution in [2.24, 2.45) is 0 Å². The van der Waals surface area contributed by atoms with Crippen LogP contribution in [-0.2, 0) is 6.61 Å². The molecule has 4 aromatic rings. The van der Waals surface area contributed by atoms with Gasteiger partial charge in [0.1, 0.15) is 12.9 Å². The molecule has 4 rings (SSSR count). The summed E-state index contributed by atoms with van der Waals surface area (Å²) in [5, 5.41) is 15.0. The number of hydrogen-bond acceptors (Lipinski definition) is 8. The zero-order chi connectivity index (χ0) is 19.3. The Hall–Kier alpha value is -3.53. The van der Waals surface area contributed by atoms with Crippen molar-refractivity contribution in [1.29, 1.82) is 0 Å². The summed E-state index contributed by atoms with van der Waals surface area (Å²) in [6.07, 6.45) is 4.92. The fourth-order valence-corrected chi connectivity index (χ4v) is 3.18. The van der Waals surface area contributed by atoms with Crippen molar-refractivity contribution in [3.8, 4) is 11.5 Å². The third kappa shape index (κ3) is 3.91. The maximum Gasteiger partial charge on any atom is 0.257 e. The van der Waals surface area contributed by atoms with Crippen LogP contribution in [-0.4, -0.2) is 37.3 Å². The van der Waals surface area contributed by atoms with Crippen LogP contribution in [0, 0.1) is 0 Å². The lowest BCUT2D eigenvalue weighted by atomic mass is 10.2. The van der Waals surface area contributed by atoms with Crippen LogP contribution in [0.4, 0.5) is 5.13 Å². The number of aromatic nitrogens is 5. The largest absolute Gasteiger partial charge is 0.490 e. The summed E-state index contributed by atoms with van der Waals surface area (Å²) in [7, 11) is 0. The number of pyridine rings is 1. The minimum atomic E-state index is -0.301. The molecule has 0 spiro atoms. The second-order valence-corrected chi connectivity index (χ2v) is 6.62. The lowest BCUT2D eigenvalue weighted by molar-refractivity contribution is 0.102. The van der Waals surface area contributed by atoms with Crippen molar-refractivity contribution in [2.75, 3.05) is 11.9 Å². The van der Waals surface area contributed by atoms with Gasteiger partial charge >= 0.3 is 0 Å². The molecular formula is C18H16N6O3S. The average molecular weight is 396 g/mol. The van der Waals surface area contributed by atoms with Crippen molar-refractivity contribution < 1.29 is 14.3 Å². The van der Waals surface area contributed by atoms with E-state index in [1.165, 1.54) is 22.2 Å². The Balaban J connectivity index is 1.49. The van der Waals surface area contributed by atoms with Gasteiger partial charge in [-0.05, 0) is 31.2 Å². The molecule has 142 valence electrons. The predicted octanol–water partition coefficient (Wildman–Crippen LogP) is 2.81. The lowest BCUT2D eigenvalue weighted by Crippen LogP contribution is -2.12.